The van der Waals surface area contributed by atoms with Crippen molar-refractivity contribution >= 4 is 34.5 Å². The summed E-state index contributed by atoms with van der Waals surface area (Å²) in [5.74, 6) is 2.82. The molecule has 5 rings (SSSR count). The Hall–Kier alpha value is -4.65. The maximum Gasteiger partial charge on any atom is 0.262 e. The van der Waals surface area contributed by atoms with Crippen molar-refractivity contribution in [2.75, 3.05) is 27.6 Å². The highest BCUT2D eigenvalue weighted by atomic mass is 32.2. The first-order valence-corrected chi connectivity index (χ1v) is 16.6. The first-order chi connectivity index (χ1) is 22.9. The number of thioether (sulfide) groups is 1. The normalized spacial score (nSPS) is 12.6. The summed E-state index contributed by atoms with van der Waals surface area (Å²) in [5, 5.41) is 6.29. The van der Waals surface area contributed by atoms with Crippen LogP contribution in [0.2, 0.25) is 0 Å². The number of hydrogen-bond acceptors (Lipinski definition) is 10. The monoisotopic (exact) mass is 664 g/mol. The van der Waals surface area contributed by atoms with Gasteiger partial charge in [0.25, 0.3) is 5.56 Å². The summed E-state index contributed by atoms with van der Waals surface area (Å²) in [7, 11) is 3.19. The van der Waals surface area contributed by atoms with E-state index in [1.165, 1.54) is 11.8 Å². The summed E-state index contributed by atoms with van der Waals surface area (Å²) >= 11 is 1.26. The van der Waals surface area contributed by atoms with E-state index in [4.69, 9.17) is 28.3 Å². The van der Waals surface area contributed by atoms with Crippen molar-refractivity contribution in [3.05, 3.63) is 70.4 Å². The molecule has 4 aromatic rings. The van der Waals surface area contributed by atoms with Gasteiger partial charge in [-0.2, -0.15) is 0 Å². The molecule has 0 saturated heterocycles. The van der Waals surface area contributed by atoms with Crippen LogP contribution in [0.25, 0.3) is 10.9 Å². The number of fused-ring (bicyclic) bond motifs is 2. The third-order valence-electron chi connectivity index (χ3n) is 7.81. The van der Waals surface area contributed by atoms with E-state index in [1.807, 2.05) is 25.1 Å². The molecule has 2 N–H and O–H groups in total. The van der Waals surface area contributed by atoms with Gasteiger partial charge in [0, 0.05) is 25.6 Å². The van der Waals surface area contributed by atoms with Gasteiger partial charge < -0.3 is 34.0 Å². The molecule has 0 aliphatic carbocycles. The summed E-state index contributed by atoms with van der Waals surface area (Å²) in [4.78, 5) is 44.2. The Morgan fingerprint density at radius 3 is 2.57 bits per heavy atom. The second-order valence-electron chi connectivity index (χ2n) is 11.0. The molecular weight excluding hydrogens is 624 g/mol. The van der Waals surface area contributed by atoms with E-state index < -0.39 is 5.25 Å². The highest BCUT2D eigenvalue weighted by molar-refractivity contribution is 8.00. The van der Waals surface area contributed by atoms with Crippen molar-refractivity contribution in [2.24, 2.45) is 0 Å². The number of furan rings is 1. The summed E-state index contributed by atoms with van der Waals surface area (Å²) in [6, 6.07) is 12.6. The summed E-state index contributed by atoms with van der Waals surface area (Å²) in [6.45, 7) is 3.18. The predicted molar refractivity (Wildman–Crippen MR) is 177 cm³/mol. The van der Waals surface area contributed by atoms with Gasteiger partial charge in [0.1, 0.15) is 5.76 Å². The highest BCUT2D eigenvalue weighted by Crippen LogP contribution is 2.35. The van der Waals surface area contributed by atoms with Crippen LogP contribution in [0.5, 0.6) is 23.0 Å². The minimum absolute atomic E-state index is 0.0197. The van der Waals surface area contributed by atoms with E-state index in [1.54, 1.807) is 49.3 Å². The fourth-order valence-electron chi connectivity index (χ4n) is 5.23. The van der Waals surface area contributed by atoms with E-state index in [2.05, 4.69) is 10.6 Å². The van der Waals surface area contributed by atoms with Crippen molar-refractivity contribution in [3.63, 3.8) is 0 Å². The minimum atomic E-state index is -0.475. The molecule has 250 valence electrons. The lowest BCUT2D eigenvalue weighted by Gasteiger charge is -2.18. The number of carbonyl (C=O) groups excluding carboxylic acids is 2. The lowest BCUT2D eigenvalue weighted by Crippen LogP contribution is -2.33. The number of ether oxygens (including phenoxy) is 4. The Kier molecular flexibility index (Phi) is 11.7. The number of hydrogen-bond donors (Lipinski definition) is 2. The quantitative estimate of drug-likeness (QED) is 0.0915. The molecule has 0 spiro atoms. The molecule has 2 aromatic heterocycles. The molecule has 47 heavy (non-hydrogen) atoms. The van der Waals surface area contributed by atoms with Crippen molar-refractivity contribution < 1.29 is 33.0 Å². The van der Waals surface area contributed by atoms with Crippen LogP contribution in [0.4, 0.5) is 0 Å². The van der Waals surface area contributed by atoms with Gasteiger partial charge in [0.15, 0.2) is 28.2 Å². The average molecular weight is 665 g/mol. The van der Waals surface area contributed by atoms with Crippen molar-refractivity contribution in [3.8, 4) is 23.0 Å². The molecule has 1 atom stereocenters. The topological polar surface area (TPSA) is 143 Å². The second kappa shape index (κ2) is 16.3. The van der Waals surface area contributed by atoms with Crippen LogP contribution < -0.4 is 35.1 Å². The number of rotatable bonds is 17. The van der Waals surface area contributed by atoms with Crippen LogP contribution in [0.15, 0.2) is 63.1 Å². The highest BCUT2D eigenvalue weighted by Gasteiger charge is 2.24. The van der Waals surface area contributed by atoms with Crippen molar-refractivity contribution in [1.29, 1.82) is 0 Å². The molecular formula is C34H40N4O8S. The second-order valence-corrected chi connectivity index (χ2v) is 12.2. The molecule has 0 bridgehead atoms. The van der Waals surface area contributed by atoms with Gasteiger partial charge in [-0.15, -0.1) is 0 Å². The molecule has 3 heterocycles. The average Bonchev–Trinajstić information content (AvgIpc) is 3.78. The minimum Gasteiger partial charge on any atom is -0.493 e. The Morgan fingerprint density at radius 1 is 1.02 bits per heavy atom. The van der Waals surface area contributed by atoms with Gasteiger partial charge in [0.05, 0.1) is 43.2 Å². The zero-order chi connectivity index (χ0) is 33.2. The van der Waals surface area contributed by atoms with Crippen molar-refractivity contribution in [1.82, 2.24) is 20.2 Å². The standard InChI is InChI=1S/C34H40N4O8S/c1-4-30(32(40)36-20-23-9-8-16-44-23)47-34-37-25-19-29-28(45-21-46-29)18-24(25)33(41)38(34)15-7-5-6-10-31(39)35-14-13-22-11-12-26(42-2)27(17-22)43-3/h8-9,11-12,16-19,30H,4-7,10,13-15,20-21H2,1-3H3,(H,35,39)(H,36,40). The fourth-order valence-corrected chi connectivity index (χ4v) is 6.30. The van der Waals surface area contributed by atoms with Crippen LogP contribution in [-0.2, 0) is 29.1 Å². The molecule has 0 radical (unpaired) electrons. The van der Waals surface area contributed by atoms with Crippen molar-refractivity contribution in [2.45, 2.75) is 68.9 Å². The maximum absolute atomic E-state index is 13.8. The summed E-state index contributed by atoms with van der Waals surface area (Å²) < 4.78 is 28.6. The number of amides is 2. The van der Waals surface area contributed by atoms with Gasteiger partial charge in [-0.1, -0.05) is 31.2 Å². The zero-order valence-electron chi connectivity index (χ0n) is 26.8. The van der Waals surface area contributed by atoms with E-state index in [0.29, 0.717) is 90.0 Å². The largest absolute Gasteiger partial charge is 0.493 e. The number of carbonyl (C=O) groups is 2. The van der Waals surface area contributed by atoms with E-state index >= 15 is 0 Å². The zero-order valence-corrected chi connectivity index (χ0v) is 27.7. The van der Waals surface area contributed by atoms with E-state index in [-0.39, 0.29) is 30.7 Å². The summed E-state index contributed by atoms with van der Waals surface area (Å²) in [6.07, 6.45) is 5.22. The molecule has 0 fully saturated rings. The number of unbranched alkanes of at least 4 members (excludes halogenated alkanes) is 2. The molecule has 1 aliphatic heterocycles. The first kappa shape index (κ1) is 33.7. The van der Waals surface area contributed by atoms with Gasteiger partial charge in [0.2, 0.25) is 18.6 Å². The smallest absolute Gasteiger partial charge is 0.262 e. The van der Waals surface area contributed by atoms with Crippen LogP contribution in [-0.4, -0.2) is 54.2 Å². The Labute approximate surface area is 277 Å². The fraction of sp³-hybridized carbons (Fsp3) is 0.412. The Balaban J connectivity index is 1.18. The van der Waals surface area contributed by atoms with Gasteiger partial charge >= 0.3 is 0 Å². The number of nitrogens with one attached hydrogen (secondary N) is 2. The third kappa shape index (κ3) is 8.59. The molecule has 0 saturated carbocycles. The van der Waals surface area contributed by atoms with Crippen LogP contribution in [0.1, 0.15) is 50.4 Å². The SMILES string of the molecule is CCC(Sc1nc2cc3c(cc2c(=O)n1CCCCCC(=O)NCCc1ccc(OC)c(OC)c1)OCO3)C(=O)NCc1ccco1. The van der Waals surface area contributed by atoms with Gasteiger partial charge in [-0.05, 0) is 61.6 Å². The third-order valence-corrected chi connectivity index (χ3v) is 9.17. The maximum atomic E-state index is 13.8. The number of nitrogens with zero attached hydrogens (tertiary/aromatic N) is 2. The molecule has 12 nitrogen and oxygen atoms in total. The van der Waals surface area contributed by atoms with E-state index in [0.717, 1.165) is 12.0 Å². The lowest BCUT2D eigenvalue weighted by atomic mass is 10.1. The molecule has 1 aliphatic rings. The summed E-state index contributed by atoms with van der Waals surface area (Å²) in [5.41, 5.74) is 1.30. The van der Waals surface area contributed by atoms with Crippen LogP contribution in [0, 0.1) is 0 Å². The van der Waals surface area contributed by atoms with E-state index in [9.17, 15) is 14.4 Å². The number of aromatic nitrogens is 2. The van der Waals surface area contributed by atoms with Gasteiger partial charge in [-0.3, -0.25) is 19.0 Å². The Morgan fingerprint density at radius 2 is 1.83 bits per heavy atom. The van der Waals surface area contributed by atoms with Crippen LogP contribution in [0.3, 0.4) is 0 Å². The number of methoxy groups -OCH3 is 2. The molecule has 2 amide bonds. The Bertz CT molecular complexity index is 1740. The number of benzene rings is 2. The molecule has 2 aromatic carbocycles. The molecule has 1 unspecified atom stereocenters. The van der Waals surface area contributed by atoms with Gasteiger partial charge in [-0.25, -0.2) is 4.98 Å². The lowest BCUT2D eigenvalue weighted by molar-refractivity contribution is -0.121. The molecule has 13 heteroatoms. The first-order valence-electron chi connectivity index (χ1n) is 15.7. The predicted octanol–water partition coefficient (Wildman–Crippen LogP) is 4.84. The van der Waals surface area contributed by atoms with Crippen LogP contribution >= 0.6 is 11.8 Å².